The molecule has 0 aliphatic heterocycles. The molecule has 30 heavy (non-hydrogen) atoms. The van der Waals surface area contributed by atoms with Crippen LogP contribution in [0.15, 0.2) is 42.5 Å². The smallest absolute Gasteiger partial charge is 0.339 e. The summed E-state index contributed by atoms with van der Waals surface area (Å²) in [5.41, 5.74) is 2.69. The van der Waals surface area contributed by atoms with E-state index in [1.54, 1.807) is 18.9 Å². The van der Waals surface area contributed by atoms with Crippen LogP contribution in [0.2, 0.25) is 0 Å². The number of benzene rings is 2. The number of methoxy groups -OCH3 is 1. The largest absolute Gasteiger partial charge is 0.465 e. The number of likely N-dealkylation sites (N-methyl/N-ethyl adjacent to an activating group) is 1. The van der Waals surface area contributed by atoms with Crippen molar-refractivity contribution in [1.82, 2.24) is 9.88 Å². The zero-order valence-corrected chi connectivity index (χ0v) is 17.7. The number of fused-ring (bicyclic) bond motifs is 1. The second kappa shape index (κ2) is 8.95. The van der Waals surface area contributed by atoms with Crippen molar-refractivity contribution in [3.8, 4) is 0 Å². The number of rotatable bonds is 7. The first kappa shape index (κ1) is 21.3. The van der Waals surface area contributed by atoms with E-state index in [-0.39, 0.29) is 23.7 Å². The van der Waals surface area contributed by atoms with Crippen LogP contribution in [0.5, 0.6) is 0 Å². The molecule has 1 amide bonds. The third kappa shape index (κ3) is 4.27. The van der Waals surface area contributed by atoms with Gasteiger partial charge in [0.2, 0.25) is 5.91 Å². The van der Waals surface area contributed by atoms with Gasteiger partial charge in [-0.15, -0.1) is 0 Å². The number of nitrogens with zero attached hydrogens (tertiary/aromatic N) is 1. The van der Waals surface area contributed by atoms with E-state index >= 15 is 0 Å². The highest BCUT2D eigenvalue weighted by Gasteiger charge is 2.25. The molecule has 6 nitrogen and oxygen atoms in total. The van der Waals surface area contributed by atoms with Crippen LogP contribution in [0.3, 0.4) is 0 Å². The summed E-state index contributed by atoms with van der Waals surface area (Å²) < 4.78 is 4.84. The number of hydrogen-bond acceptors (Lipinski definition) is 4. The van der Waals surface area contributed by atoms with Crippen molar-refractivity contribution < 1.29 is 19.1 Å². The van der Waals surface area contributed by atoms with Crippen LogP contribution < -0.4 is 0 Å². The predicted molar refractivity (Wildman–Crippen MR) is 116 cm³/mol. The Morgan fingerprint density at radius 1 is 1.07 bits per heavy atom. The van der Waals surface area contributed by atoms with Gasteiger partial charge < -0.3 is 14.6 Å². The molecule has 1 N–H and O–H groups in total. The van der Waals surface area contributed by atoms with Crippen molar-refractivity contribution in [3.05, 3.63) is 70.5 Å². The fourth-order valence-electron chi connectivity index (χ4n) is 3.73. The van der Waals surface area contributed by atoms with Crippen LogP contribution in [-0.2, 0) is 22.4 Å². The number of carbonyl (C=O) groups excluding carboxylic acids is 3. The van der Waals surface area contributed by atoms with E-state index in [2.05, 4.69) is 29.2 Å². The Balaban J connectivity index is 1.75. The number of ketones is 1. The quantitative estimate of drug-likeness (QED) is 0.479. The van der Waals surface area contributed by atoms with Gasteiger partial charge in [-0.1, -0.05) is 42.5 Å². The predicted octanol–water partition coefficient (Wildman–Crippen LogP) is 3.71. The van der Waals surface area contributed by atoms with E-state index in [1.165, 1.54) is 30.4 Å². The van der Waals surface area contributed by atoms with Gasteiger partial charge in [0.1, 0.15) is 0 Å². The summed E-state index contributed by atoms with van der Waals surface area (Å²) in [6.45, 7) is 3.64. The number of ether oxygens (including phenoxy) is 1. The molecule has 2 aromatic carbocycles. The third-order valence-corrected chi connectivity index (χ3v) is 5.42. The Bertz CT molecular complexity index is 1110. The SMILES string of the molecule is COC(=O)c1c(CC(=O)N(C)CCc2cccc3ccccc23)[nH]c(C(C)=O)c1C. The summed E-state index contributed by atoms with van der Waals surface area (Å²) >= 11 is 0. The highest BCUT2D eigenvalue weighted by molar-refractivity contribution is 6.01. The number of H-pyrrole nitrogens is 1. The normalized spacial score (nSPS) is 10.8. The number of carbonyl (C=O) groups is 3. The number of esters is 1. The average Bonchev–Trinajstić information content (AvgIpc) is 3.07. The molecule has 1 heterocycles. The maximum atomic E-state index is 12.8. The van der Waals surface area contributed by atoms with E-state index < -0.39 is 5.97 Å². The monoisotopic (exact) mass is 406 g/mol. The van der Waals surface area contributed by atoms with Crippen LogP contribution in [0.1, 0.15) is 44.6 Å². The molecule has 3 aromatic rings. The summed E-state index contributed by atoms with van der Waals surface area (Å²) in [6.07, 6.45) is 0.709. The average molecular weight is 406 g/mol. The number of aromatic amines is 1. The van der Waals surface area contributed by atoms with Crippen molar-refractivity contribution in [2.24, 2.45) is 0 Å². The van der Waals surface area contributed by atoms with Crippen LogP contribution in [0.25, 0.3) is 10.8 Å². The second-order valence-corrected chi connectivity index (χ2v) is 7.41. The Morgan fingerprint density at radius 3 is 2.47 bits per heavy atom. The summed E-state index contributed by atoms with van der Waals surface area (Å²) in [6, 6.07) is 14.3. The third-order valence-electron chi connectivity index (χ3n) is 5.42. The van der Waals surface area contributed by atoms with E-state index in [4.69, 9.17) is 4.74 Å². The van der Waals surface area contributed by atoms with Crippen LogP contribution in [-0.4, -0.2) is 48.2 Å². The molecule has 0 spiro atoms. The molecule has 156 valence electrons. The lowest BCUT2D eigenvalue weighted by atomic mass is 10.0. The van der Waals surface area contributed by atoms with Crippen molar-refractivity contribution in [1.29, 1.82) is 0 Å². The van der Waals surface area contributed by atoms with Crippen molar-refractivity contribution in [3.63, 3.8) is 0 Å². The number of Topliss-reactive ketones (excluding diaryl/α,β-unsaturated/α-hetero) is 1. The zero-order chi connectivity index (χ0) is 21.8. The molecule has 0 saturated carbocycles. The van der Waals surface area contributed by atoms with Gasteiger partial charge in [0, 0.05) is 26.2 Å². The Labute approximate surface area is 175 Å². The molecule has 6 heteroatoms. The van der Waals surface area contributed by atoms with E-state index in [0.29, 0.717) is 23.5 Å². The Hall–Kier alpha value is -3.41. The van der Waals surface area contributed by atoms with Crippen LogP contribution in [0.4, 0.5) is 0 Å². The number of amides is 1. The Morgan fingerprint density at radius 2 is 1.77 bits per heavy atom. The van der Waals surface area contributed by atoms with Gasteiger partial charge in [-0.25, -0.2) is 4.79 Å². The molecule has 0 aliphatic rings. The van der Waals surface area contributed by atoms with E-state index in [1.807, 2.05) is 18.2 Å². The first-order valence-corrected chi connectivity index (χ1v) is 9.84. The van der Waals surface area contributed by atoms with Crippen molar-refractivity contribution in [2.45, 2.75) is 26.7 Å². The van der Waals surface area contributed by atoms with Crippen molar-refractivity contribution in [2.75, 3.05) is 20.7 Å². The van der Waals surface area contributed by atoms with Gasteiger partial charge in [-0.3, -0.25) is 9.59 Å². The minimum Gasteiger partial charge on any atom is -0.465 e. The molecule has 0 atom stereocenters. The minimum absolute atomic E-state index is 0.00933. The van der Waals surface area contributed by atoms with Gasteiger partial charge in [0.25, 0.3) is 0 Å². The molecule has 0 bridgehead atoms. The molecule has 0 saturated heterocycles. The zero-order valence-electron chi connectivity index (χ0n) is 17.7. The molecular formula is C24H26N2O4. The van der Waals surface area contributed by atoms with Gasteiger partial charge in [0.15, 0.2) is 5.78 Å². The van der Waals surface area contributed by atoms with Crippen LogP contribution >= 0.6 is 0 Å². The molecule has 3 rings (SSSR count). The van der Waals surface area contributed by atoms with E-state index in [9.17, 15) is 14.4 Å². The van der Waals surface area contributed by atoms with E-state index in [0.717, 1.165) is 6.42 Å². The molecule has 0 radical (unpaired) electrons. The number of aromatic nitrogens is 1. The highest BCUT2D eigenvalue weighted by atomic mass is 16.5. The number of nitrogens with one attached hydrogen (secondary N) is 1. The Kier molecular flexibility index (Phi) is 6.35. The molecule has 1 aromatic heterocycles. The van der Waals surface area contributed by atoms with Gasteiger partial charge in [-0.2, -0.15) is 0 Å². The molecular weight excluding hydrogens is 380 g/mol. The van der Waals surface area contributed by atoms with Gasteiger partial charge >= 0.3 is 5.97 Å². The summed E-state index contributed by atoms with van der Waals surface area (Å²) in [7, 11) is 3.02. The molecule has 0 fully saturated rings. The molecule has 0 unspecified atom stereocenters. The molecule has 0 aliphatic carbocycles. The minimum atomic E-state index is -0.558. The fourth-order valence-corrected chi connectivity index (χ4v) is 3.73. The second-order valence-electron chi connectivity index (χ2n) is 7.41. The lowest BCUT2D eigenvalue weighted by Crippen LogP contribution is -2.30. The van der Waals surface area contributed by atoms with Gasteiger partial charge in [0.05, 0.1) is 24.8 Å². The first-order valence-electron chi connectivity index (χ1n) is 9.84. The van der Waals surface area contributed by atoms with Crippen molar-refractivity contribution >= 4 is 28.4 Å². The van der Waals surface area contributed by atoms with Gasteiger partial charge in [-0.05, 0) is 35.2 Å². The lowest BCUT2D eigenvalue weighted by molar-refractivity contribution is -0.129. The topological polar surface area (TPSA) is 79.5 Å². The summed E-state index contributed by atoms with van der Waals surface area (Å²) in [5, 5.41) is 2.35. The standard InChI is InChI=1S/C24H26N2O4/c1-15-22(24(29)30-4)20(25-23(15)16(2)27)14-21(28)26(3)13-12-18-10-7-9-17-8-5-6-11-19(17)18/h5-11,25H,12-14H2,1-4H3. The summed E-state index contributed by atoms with van der Waals surface area (Å²) in [5.74, 6) is -0.894. The lowest BCUT2D eigenvalue weighted by Gasteiger charge is -2.18. The van der Waals surface area contributed by atoms with Crippen LogP contribution in [0, 0.1) is 6.92 Å². The first-order chi connectivity index (χ1) is 14.3. The number of hydrogen-bond donors (Lipinski definition) is 1. The summed E-state index contributed by atoms with van der Waals surface area (Å²) in [4.78, 5) is 41.5. The maximum Gasteiger partial charge on any atom is 0.339 e. The maximum absolute atomic E-state index is 12.8. The fraction of sp³-hybridized carbons (Fsp3) is 0.292. The highest BCUT2D eigenvalue weighted by Crippen LogP contribution is 2.22.